The average molecular weight is 639 g/mol. The van der Waals surface area contributed by atoms with Gasteiger partial charge in [0, 0.05) is 29.7 Å². The van der Waals surface area contributed by atoms with E-state index in [-0.39, 0.29) is 52.9 Å². The number of rotatable bonds is 4. The second-order valence-electron chi connectivity index (χ2n) is 12.5. The number of anilines is 2. The van der Waals surface area contributed by atoms with Gasteiger partial charge in [-0.25, -0.2) is 13.6 Å². The highest BCUT2D eigenvalue weighted by Gasteiger charge is 2.43. The zero-order chi connectivity index (χ0) is 33.5. The van der Waals surface area contributed by atoms with Crippen molar-refractivity contribution in [3.8, 4) is 16.8 Å². The molecule has 2 N–H and O–H groups in total. The zero-order valence-corrected chi connectivity index (χ0v) is 26.5. The molecule has 2 aromatic carbocycles. The number of H-pyrrole nitrogens is 1. The summed E-state index contributed by atoms with van der Waals surface area (Å²) in [6.07, 6.45) is 4.26. The number of aromatic nitrogens is 5. The number of amides is 2. The molecular formula is C34H32F2N8O3. The first kappa shape index (κ1) is 30.2. The Labute approximate surface area is 267 Å². The second-order valence-corrected chi connectivity index (χ2v) is 12.5. The number of benzene rings is 2. The van der Waals surface area contributed by atoms with Gasteiger partial charge in [0.25, 0.3) is 0 Å². The number of aryl methyl sites for hydroxylation is 2. The standard InChI is InChI=1S/C34H32F2N8O3/c1-7-22(45)42-14-21-33(46)39-29-25-31(27(36)24(26(29)35)23-16(4)8-9-20-19(23)12-38-41-20)44(30-17(5)10-11-37-28(30)15(2)3)34(47)40-32(25)43(21)13-18(42)6/h7-12,15,18,21H,1,13-14H2,2-6H3,(H,38,41)(H,39,46). The first-order valence-corrected chi connectivity index (χ1v) is 15.3. The number of nitrogens with zero attached hydrogens (tertiary/aromatic N) is 6. The molecule has 7 rings (SSSR count). The molecule has 0 spiro atoms. The molecule has 0 radical (unpaired) electrons. The number of carbonyl (C=O) groups is 2. The summed E-state index contributed by atoms with van der Waals surface area (Å²) in [5, 5.41) is 10.0. The molecule has 47 heavy (non-hydrogen) atoms. The number of hydrogen-bond acceptors (Lipinski definition) is 7. The lowest BCUT2D eigenvalue weighted by Gasteiger charge is -2.44. The molecule has 0 aliphatic carbocycles. The Morgan fingerprint density at radius 3 is 2.57 bits per heavy atom. The lowest BCUT2D eigenvalue weighted by Crippen LogP contribution is -2.62. The molecule has 240 valence electrons. The monoisotopic (exact) mass is 638 g/mol. The Kier molecular flexibility index (Phi) is 6.95. The van der Waals surface area contributed by atoms with Gasteiger partial charge in [0.15, 0.2) is 11.6 Å². The van der Waals surface area contributed by atoms with Gasteiger partial charge in [0.05, 0.1) is 46.3 Å². The van der Waals surface area contributed by atoms with Gasteiger partial charge in [-0.2, -0.15) is 10.1 Å². The molecule has 5 heterocycles. The summed E-state index contributed by atoms with van der Waals surface area (Å²) in [6, 6.07) is 3.70. The van der Waals surface area contributed by atoms with E-state index in [0.717, 1.165) is 10.6 Å². The predicted octanol–water partition coefficient (Wildman–Crippen LogP) is 4.89. The number of piperazine rings is 1. The number of halogens is 2. The molecule has 11 nitrogen and oxygen atoms in total. The molecular weight excluding hydrogens is 606 g/mol. The van der Waals surface area contributed by atoms with E-state index >= 15 is 8.78 Å². The van der Waals surface area contributed by atoms with Gasteiger partial charge in [0.2, 0.25) is 11.8 Å². The highest BCUT2D eigenvalue weighted by atomic mass is 19.1. The third kappa shape index (κ3) is 4.36. The highest BCUT2D eigenvalue weighted by molar-refractivity contribution is 6.14. The van der Waals surface area contributed by atoms with E-state index in [4.69, 9.17) is 0 Å². The number of aromatic amines is 1. The minimum absolute atomic E-state index is 0.0487. The molecule has 0 saturated carbocycles. The largest absolute Gasteiger partial charge is 0.354 e. The van der Waals surface area contributed by atoms with E-state index in [1.807, 2.05) is 13.8 Å². The van der Waals surface area contributed by atoms with Crippen molar-refractivity contribution in [2.75, 3.05) is 23.3 Å². The van der Waals surface area contributed by atoms with Gasteiger partial charge in [-0.1, -0.05) is 26.5 Å². The quantitative estimate of drug-likeness (QED) is 0.269. The minimum Gasteiger partial charge on any atom is -0.340 e. The van der Waals surface area contributed by atoms with Gasteiger partial charge in [-0.05, 0) is 56.0 Å². The van der Waals surface area contributed by atoms with Crippen LogP contribution in [0.1, 0.15) is 43.5 Å². The molecule has 0 bridgehead atoms. The van der Waals surface area contributed by atoms with Gasteiger partial charge in [-0.3, -0.25) is 24.2 Å². The maximum Gasteiger partial charge on any atom is 0.354 e. The third-order valence-electron chi connectivity index (χ3n) is 9.22. The number of hydrogen-bond donors (Lipinski definition) is 2. The summed E-state index contributed by atoms with van der Waals surface area (Å²) < 4.78 is 35.9. The van der Waals surface area contributed by atoms with Gasteiger partial charge >= 0.3 is 5.69 Å². The zero-order valence-electron chi connectivity index (χ0n) is 26.5. The van der Waals surface area contributed by atoms with Crippen molar-refractivity contribution in [2.24, 2.45) is 0 Å². The maximum atomic E-state index is 17.6. The number of fused-ring (bicyclic) bond motifs is 3. The summed E-state index contributed by atoms with van der Waals surface area (Å²) in [4.78, 5) is 53.0. The fraction of sp³-hybridized carbons (Fsp3) is 0.294. The summed E-state index contributed by atoms with van der Waals surface area (Å²) >= 11 is 0. The smallest absolute Gasteiger partial charge is 0.340 e. The van der Waals surface area contributed by atoms with E-state index in [1.54, 1.807) is 50.1 Å². The molecule has 2 aliphatic heterocycles. The summed E-state index contributed by atoms with van der Waals surface area (Å²) in [5.74, 6) is -3.26. The van der Waals surface area contributed by atoms with Crippen molar-refractivity contribution in [2.45, 2.75) is 52.6 Å². The van der Waals surface area contributed by atoms with E-state index in [1.165, 1.54) is 11.1 Å². The molecule has 2 amide bonds. The molecule has 3 aromatic heterocycles. The van der Waals surface area contributed by atoms with Crippen molar-refractivity contribution in [3.05, 3.63) is 82.2 Å². The fourth-order valence-electron chi connectivity index (χ4n) is 6.96. The maximum absolute atomic E-state index is 17.6. The number of pyridine rings is 1. The van der Waals surface area contributed by atoms with Gasteiger partial charge in [0.1, 0.15) is 17.4 Å². The Morgan fingerprint density at radius 1 is 1.09 bits per heavy atom. The molecule has 1 saturated heterocycles. The number of carbonyl (C=O) groups excluding carboxylic acids is 2. The van der Waals surface area contributed by atoms with Gasteiger partial charge < -0.3 is 15.1 Å². The van der Waals surface area contributed by atoms with Crippen LogP contribution in [0.5, 0.6) is 0 Å². The predicted molar refractivity (Wildman–Crippen MR) is 175 cm³/mol. The first-order valence-electron chi connectivity index (χ1n) is 15.3. The van der Waals surface area contributed by atoms with Crippen LogP contribution in [0.15, 0.2) is 48.0 Å². The Bertz CT molecular complexity index is 2240. The minimum atomic E-state index is -1.05. The SMILES string of the molecule is C=CC(=O)N1CC2C(=O)Nc3c(F)c(-c4c(C)ccc5[nH]ncc45)c(F)c4c3c(nc(=O)n4-c3c(C)ccnc3C(C)C)N2CC1C. The summed E-state index contributed by atoms with van der Waals surface area (Å²) in [6.45, 7) is 12.7. The third-order valence-corrected chi connectivity index (χ3v) is 9.22. The first-order chi connectivity index (χ1) is 22.4. The average Bonchev–Trinajstić information content (AvgIpc) is 3.48. The normalized spacial score (nSPS) is 17.7. The van der Waals surface area contributed by atoms with Crippen LogP contribution in [0.4, 0.5) is 20.3 Å². The van der Waals surface area contributed by atoms with Crippen LogP contribution in [0, 0.1) is 25.5 Å². The number of nitrogens with one attached hydrogen (secondary N) is 2. The van der Waals surface area contributed by atoms with E-state index < -0.39 is 40.9 Å². The Morgan fingerprint density at radius 2 is 1.85 bits per heavy atom. The Hall–Kier alpha value is -5.46. The second kappa shape index (κ2) is 10.8. The molecule has 5 aromatic rings. The van der Waals surface area contributed by atoms with Crippen molar-refractivity contribution >= 4 is 45.1 Å². The Balaban J connectivity index is 1.65. The highest BCUT2D eigenvalue weighted by Crippen LogP contribution is 2.46. The van der Waals surface area contributed by atoms with Crippen LogP contribution in [0.3, 0.4) is 0 Å². The molecule has 1 fully saturated rings. The van der Waals surface area contributed by atoms with Crippen molar-refractivity contribution in [1.82, 2.24) is 29.6 Å². The van der Waals surface area contributed by atoms with Crippen LogP contribution >= 0.6 is 0 Å². The van der Waals surface area contributed by atoms with Crippen LogP contribution < -0.4 is 15.9 Å². The molecule has 2 atom stereocenters. The summed E-state index contributed by atoms with van der Waals surface area (Å²) in [7, 11) is 0. The van der Waals surface area contributed by atoms with E-state index in [2.05, 4.69) is 32.1 Å². The fourth-order valence-corrected chi connectivity index (χ4v) is 6.96. The molecule has 2 aliphatic rings. The topological polar surface area (TPSA) is 129 Å². The van der Waals surface area contributed by atoms with E-state index in [9.17, 15) is 14.4 Å². The van der Waals surface area contributed by atoms with Crippen LogP contribution in [-0.4, -0.2) is 66.6 Å². The van der Waals surface area contributed by atoms with Crippen molar-refractivity contribution in [1.29, 1.82) is 0 Å². The van der Waals surface area contributed by atoms with Crippen LogP contribution in [0.2, 0.25) is 0 Å². The van der Waals surface area contributed by atoms with Crippen LogP contribution in [-0.2, 0) is 9.59 Å². The van der Waals surface area contributed by atoms with Crippen molar-refractivity contribution in [3.63, 3.8) is 0 Å². The van der Waals surface area contributed by atoms with E-state index in [0.29, 0.717) is 33.4 Å². The summed E-state index contributed by atoms with van der Waals surface area (Å²) in [5.41, 5.74) is 0.996. The lowest BCUT2D eigenvalue weighted by molar-refractivity contribution is -0.130. The lowest BCUT2D eigenvalue weighted by atomic mass is 9.93. The van der Waals surface area contributed by atoms with Gasteiger partial charge in [-0.15, -0.1) is 0 Å². The van der Waals surface area contributed by atoms with Crippen molar-refractivity contribution < 1.29 is 18.4 Å². The molecule has 2 unspecified atom stereocenters. The van der Waals surface area contributed by atoms with Crippen LogP contribution in [0.25, 0.3) is 38.6 Å². The molecule has 13 heteroatoms.